The van der Waals surface area contributed by atoms with Gasteiger partial charge in [0, 0.05) is 23.7 Å². The van der Waals surface area contributed by atoms with Crippen molar-refractivity contribution in [1.29, 1.82) is 0 Å². The summed E-state index contributed by atoms with van der Waals surface area (Å²) in [5.41, 5.74) is 3.87. The van der Waals surface area contributed by atoms with Gasteiger partial charge in [0.15, 0.2) is 0 Å². The van der Waals surface area contributed by atoms with Crippen LogP contribution in [0.15, 0.2) is 53.0 Å². The van der Waals surface area contributed by atoms with Crippen LogP contribution < -0.4 is 5.32 Å². The molecule has 0 saturated heterocycles. The molecule has 2 aromatic rings. The van der Waals surface area contributed by atoms with Gasteiger partial charge in [0.05, 0.1) is 0 Å². The Morgan fingerprint density at radius 1 is 1.14 bits per heavy atom. The largest absolute Gasteiger partial charge is 0.396 e. The SMILES string of the molecule is Cc1cc(Br)ccc1CNC(CCCO)c1ccccc1. The van der Waals surface area contributed by atoms with Gasteiger partial charge >= 0.3 is 0 Å². The van der Waals surface area contributed by atoms with Crippen molar-refractivity contribution >= 4 is 15.9 Å². The van der Waals surface area contributed by atoms with Crippen LogP contribution in [0.4, 0.5) is 0 Å². The molecule has 0 fully saturated rings. The van der Waals surface area contributed by atoms with Crippen LogP contribution in [0.25, 0.3) is 0 Å². The first-order chi connectivity index (χ1) is 10.2. The lowest BCUT2D eigenvalue weighted by Crippen LogP contribution is -2.21. The fraction of sp³-hybridized carbons (Fsp3) is 0.333. The quantitative estimate of drug-likeness (QED) is 0.779. The van der Waals surface area contributed by atoms with E-state index in [1.54, 1.807) is 0 Å². The zero-order valence-electron chi connectivity index (χ0n) is 12.3. The van der Waals surface area contributed by atoms with Crippen LogP contribution in [-0.2, 0) is 6.54 Å². The maximum absolute atomic E-state index is 9.09. The number of hydrogen-bond donors (Lipinski definition) is 2. The molecular weight excluding hydrogens is 326 g/mol. The molecule has 0 amide bonds. The van der Waals surface area contributed by atoms with E-state index in [2.05, 4.69) is 70.6 Å². The lowest BCUT2D eigenvalue weighted by molar-refractivity contribution is 0.275. The van der Waals surface area contributed by atoms with Crippen LogP contribution in [0, 0.1) is 6.92 Å². The molecule has 0 aliphatic heterocycles. The van der Waals surface area contributed by atoms with E-state index in [0.717, 1.165) is 23.9 Å². The highest BCUT2D eigenvalue weighted by molar-refractivity contribution is 9.10. The molecule has 112 valence electrons. The Bertz CT molecular complexity index is 556. The summed E-state index contributed by atoms with van der Waals surface area (Å²) in [7, 11) is 0. The number of halogens is 1. The van der Waals surface area contributed by atoms with Crippen LogP contribution in [0.3, 0.4) is 0 Å². The minimum absolute atomic E-state index is 0.238. The number of aliphatic hydroxyl groups excluding tert-OH is 1. The number of nitrogens with one attached hydrogen (secondary N) is 1. The summed E-state index contributed by atoms with van der Waals surface area (Å²) in [5, 5.41) is 12.7. The van der Waals surface area contributed by atoms with Crippen LogP contribution in [0.5, 0.6) is 0 Å². The average Bonchev–Trinajstić information content (AvgIpc) is 2.50. The van der Waals surface area contributed by atoms with Crippen molar-refractivity contribution in [2.24, 2.45) is 0 Å². The van der Waals surface area contributed by atoms with Gasteiger partial charge in [-0.15, -0.1) is 0 Å². The Morgan fingerprint density at radius 2 is 1.90 bits per heavy atom. The third kappa shape index (κ3) is 4.95. The van der Waals surface area contributed by atoms with E-state index in [-0.39, 0.29) is 12.6 Å². The number of aliphatic hydroxyl groups is 1. The monoisotopic (exact) mass is 347 g/mol. The molecule has 2 N–H and O–H groups in total. The Labute approximate surface area is 135 Å². The third-order valence-corrected chi connectivity index (χ3v) is 4.19. The van der Waals surface area contributed by atoms with Crippen LogP contribution in [0.2, 0.25) is 0 Å². The fourth-order valence-corrected chi connectivity index (χ4v) is 2.93. The van der Waals surface area contributed by atoms with Gasteiger partial charge in [0.25, 0.3) is 0 Å². The minimum atomic E-state index is 0.238. The van der Waals surface area contributed by atoms with Gasteiger partial charge in [-0.25, -0.2) is 0 Å². The molecule has 2 nitrogen and oxygen atoms in total. The molecule has 0 aromatic heterocycles. The first kappa shape index (κ1) is 16.2. The second-order valence-corrected chi connectivity index (χ2v) is 6.20. The molecule has 3 heteroatoms. The second-order valence-electron chi connectivity index (χ2n) is 5.28. The molecule has 1 unspecified atom stereocenters. The van der Waals surface area contributed by atoms with Crippen molar-refractivity contribution in [2.75, 3.05) is 6.61 Å². The lowest BCUT2D eigenvalue weighted by Gasteiger charge is -2.20. The van der Waals surface area contributed by atoms with Crippen molar-refractivity contribution in [2.45, 2.75) is 32.4 Å². The molecule has 21 heavy (non-hydrogen) atoms. The maximum atomic E-state index is 9.09. The molecule has 0 aliphatic carbocycles. The van der Waals surface area contributed by atoms with Gasteiger partial charge in [-0.2, -0.15) is 0 Å². The first-order valence-corrected chi connectivity index (χ1v) is 8.14. The summed E-state index contributed by atoms with van der Waals surface area (Å²) in [6.45, 7) is 3.21. The van der Waals surface area contributed by atoms with E-state index in [9.17, 15) is 0 Å². The molecule has 0 bridgehead atoms. The topological polar surface area (TPSA) is 32.3 Å². The van der Waals surface area contributed by atoms with Crippen LogP contribution >= 0.6 is 15.9 Å². The molecule has 0 spiro atoms. The fourth-order valence-electron chi connectivity index (χ4n) is 2.46. The minimum Gasteiger partial charge on any atom is -0.396 e. The van der Waals surface area contributed by atoms with Crippen molar-refractivity contribution in [3.63, 3.8) is 0 Å². The predicted molar refractivity (Wildman–Crippen MR) is 91.2 cm³/mol. The lowest BCUT2D eigenvalue weighted by atomic mass is 10.0. The smallest absolute Gasteiger partial charge is 0.0431 e. The van der Waals surface area contributed by atoms with Crippen molar-refractivity contribution in [3.05, 3.63) is 69.7 Å². The Morgan fingerprint density at radius 3 is 2.57 bits per heavy atom. The molecule has 0 saturated carbocycles. The highest BCUT2D eigenvalue weighted by Gasteiger charge is 2.11. The number of benzene rings is 2. The predicted octanol–water partition coefficient (Wildman–Crippen LogP) is 4.36. The molecular formula is C18H22BrNO. The number of rotatable bonds is 7. The Hall–Kier alpha value is -1.16. The highest BCUT2D eigenvalue weighted by atomic mass is 79.9. The Balaban J connectivity index is 2.05. The number of hydrogen-bond acceptors (Lipinski definition) is 2. The van der Waals surface area contributed by atoms with E-state index in [0.29, 0.717) is 0 Å². The maximum Gasteiger partial charge on any atom is 0.0431 e. The first-order valence-electron chi connectivity index (χ1n) is 7.35. The summed E-state index contributed by atoms with van der Waals surface area (Å²) in [6, 6.07) is 17.1. The normalized spacial score (nSPS) is 12.3. The van der Waals surface area contributed by atoms with Gasteiger partial charge in [-0.1, -0.05) is 52.3 Å². The molecule has 0 radical (unpaired) electrons. The summed E-state index contributed by atoms with van der Waals surface area (Å²) in [4.78, 5) is 0. The third-order valence-electron chi connectivity index (χ3n) is 3.70. The van der Waals surface area contributed by atoms with E-state index in [1.165, 1.54) is 16.7 Å². The number of aryl methyl sites for hydroxylation is 1. The van der Waals surface area contributed by atoms with E-state index < -0.39 is 0 Å². The van der Waals surface area contributed by atoms with Gasteiger partial charge < -0.3 is 10.4 Å². The standard InChI is InChI=1S/C18H22BrNO/c1-14-12-17(19)10-9-16(14)13-20-18(8-5-11-21)15-6-3-2-4-7-15/h2-4,6-7,9-10,12,18,20-21H,5,8,11,13H2,1H3. The van der Waals surface area contributed by atoms with Gasteiger partial charge in [-0.3, -0.25) is 0 Å². The molecule has 0 aliphatic rings. The molecule has 2 aromatic carbocycles. The molecule has 1 atom stereocenters. The molecule has 2 rings (SSSR count). The zero-order chi connectivity index (χ0) is 15.1. The van der Waals surface area contributed by atoms with Crippen molar-refractivity contribution in [1.82, 2.24) is 5.32 Å². The highest BCUT2D eigenvalue weighted by Crippen LogP contribution is 2.20. The van der Waals surface area contributed by atoms with Crippen molar-refractivity contribution < 1.29 is 5.11 Å². The summed E-state index contributed by atoms with van der Waals surface area (Å²) >= 11 is 3.50. The van der Waals surface area contributed by atoms with Gasteiger partial charge in [-0.05, 0) is 48.6 Å². The van der Waals surface area contributed by atoms with Gasteiger partial charge in [0.2, 0.25) is 0 Å². The van der Waals surface area contributed by atoms with Crippen LogP contribution in [-0.4, -0.2) is 11.7 Å². The summed E-state index contributed by atoms with van der Waals surface area (Å²) in [6.07, 6.45) is 1.75. The van der Waals surface area contributed by atoms with E-state index in [1.807, 2.05) is 6.07 Å². The van der Waals surface area contributed by atoms with E-state index in [4.69, 9.17) is 5.11 Å². The van der Waals surface area contributed by atoms with Gasteiger partial charge in [0.1, 0.15) is 0 Å². The average molecular weight is 348 g/mol. The summed E-state index contributed by atoms with van der Waals surface area (Å²) < 4.78 is 1.11. The van der Waals surface area contributed by atoms with E-state index >= 15 is 0 Å². The molecule has 0 heterocycles. The second kappa shape index (κ2) is 8.32. The Kier molecular flexibility index (Phi) is 6.43. The summed E-state index contributed by atoms with van der Waals surface area (Å²) in [5.74, 6) is 0. The van der Waals surface area contributed by atoms with Crippen molar-refractivity contribution in [3.8, 4) is 0 Å². The van der Waals surface area contributed by atoms with Crippen LogP contribution in [0.1, 0.15) is 35.6 Å². The zero-order valence-corrected chi connectivity index (χ0v) is 13.9.